The number of piperidine rings is 1. The Morgan fingerprint density at radius 3 is 3.08 bits per heavy atom. The molecule has 2 rings (SSSR count). The minimum absolute atomic E-state index is 0.343. The van der Waals surface area contributed by atoms with Gasteiger partial charge in [0, 0.05) is 25.6 Å². The minimum atomic E-state index is 0.343. The molecule has 74 valence electrons. The monoisotopic (exact) mass is 181 g/mol. The summed E-state index contributed by atoms with van der Waals surface area (Å²) < 4.78 is 0. The van der Waals surface area contributed by atoms with Crippen molar-refractivity contribution < 1.29 is 5.11 Å². The summed E-state index contributed by atoms with van der Waals surface area (Å²) in [6, 6.07) is 0. The third kappa shape index (κ3) is 1.79. The molecule has 0 aromatic carbocycles. The summed E-state index contributed by atoms with van der Waals surface area (Å²) in [5.74, 6) is 1.91. The molecule has 3 unspecified atom stereocenters. The van der Waals surface area contributed by atoms with Crippen LogP contribution in [0.5, 0.6) is 0 Å². The van der Waals surface area contributed by atoms with Crippen molar-refractivity contribution in [1.82, 2.24) is 4.90 Å². The van der Waals surface area contributed by atoms with E-state index >= 15 is 0 Å². The van der Waals surface area contributed by atoms with E-state index in [1.54, 1.807) is 0 Å². The Kier molecular flexibility index (Phi) is 2.70. The van der Waals surface area contributed by atoms with Crippen molar-refractivity contribution in [3.63, 3.8) is 0 Å². The van der Waals surface area contributed by atoms with Crippen molar-refractivity contribution in [3.8, 4) is 0 Å². The summed E-state index contributed by atoms with van der Waals surface area (Å²) in [7, 11) is 2.16. The highest BCUT2D eigenvalue weighted by Gasteiger charge is 2.34. The number of hydrogen-bond donors (Lipinski definition) is 1. The van der Waals surface area contributed by atoms with Crippen LogP contribution in [0, 0.1) is 17.8 Å². The largest absolute Gasteiger partial charge is 0.396 e. The van der Waals surface area contributed by atoms with E-state index in [0.29, 0.717) is 18.4 Å². The molecule has 0 saturated carbocycles. The van der Waals surface area contributed by atoms with Crippen LogP contribution in [0.1, 0.15) is 12.8 Å². The molecule has 2 aliphatic rings. The molecule has 1 aliphatic heterocycles. The molecule has 0 aromatic rings. The molecule has 13 heavy (non-hydrogen) atoms. The van der Waals surface area contributed by atoms with Gasteiger partial charge in [-0.2, -0.15) is 0 Å². The summed E-state index contributed by atoms with van der Waals surface area (Å²) in [6.07, 6.45) is 7.16. The summed E-state index contributed by atoms with van der Waals surface area (Å²) >= 11 is 0. The van der Waals surface area contributed by atoms with Crippen molar-refractivity contribution in [2.24, 2.45) is 17.8 Å². The van der Waals surface area contributed by atoms with Gasteiger partial charge in [0.2, 0.25) is 0 Å². The number of aliphatic hydroxyl groups excluding tert-OH is 1. The van der Waals surface area contributed by atoms with Gasteiger partial charge >= 0.3 is 0 Å². The molecular formula is C11H19NO. The quantitative estimate of drug-likeness (QED) is 0.613. The maximum Gasteiger partial charge on any atom is 0.0477 e. The third-order valence-corrected chi connectivity index (χ3v) is 3.48. The average Bonchev–Trinajstić information content (AvgIpc) is 2.16. The molecule has 0 radical (unpaired) electrons. The van der Waals surface area contributed by atoms with Gasteiger partial charge in [0.15, 0.2) is 0 Å². The van der Waals surface area contributed by atoms with Gasteiger partial charge in [0.1, 0.15) is 0 Å². The van der Waals surface area contributed by atoms with Gasteiger partial charge in [0.25, 0.3) is 0 Å². The zero-order chi connectivity index (χ0) is 9.26. The second-order valence-electron chi connectivity index (χ2n) is 4.51. The molecule has 0 spiro atoms. The molecule has 2 nitrogen and oxygen atoms in total. The van der Waals surface area contributed by atoms with Gasteiger partial charge in [-0.05, 0) is 31.7 Å². The Hall–Kier alpha value is -0.340. The van der Waals surface area contributed by atoms with Crippen LogP contribution in [0.2, 0.25) is 0 Å². The minimum Gasteiger partial charge on any atom is -0.396 e. The molecule has 1 saturated heterocycles. The Bertz CT molecular complexity index is 202. The zero-order valence-corrected chi connectivity index (χ0v) is 8.32. The van der Waals surface area contributed by atoms with Crippen molar-refractivity contribution in [2.75, 3.05) is 26.7 Å². The standard InChI is InChI=1S/C11H19NO/c1-12-6-9-4-2-3-5-11(9)10(7-12)8-13/h3,5,9-11,13H,2,4,6-8H2,1H3. The van der Waals surface area contributed by atoms with Gasteiger partial charge < -0.3 is 10.0 Å². The van der Waals surface area contributed by atoms with Crippen LogP contribution >= 0.6 is 0 Å². The van der Waals surface area contributed by atoms with Crippen LogP contribution < -0.4 is 0 Å². The van der Waals surface area contributed by atoms with Gasteiger partial charge in [0.05, 0.1) is 0 Å². The van der Waals surface area contributed by atoms with Crippen LogP contribution in [-0.2, 0) is 0 Å². The average molecular weight is 181 g/mol. The fraction of sp³-hybridized carbons (Fsp3) is 0.818. The van der Waals surface area contributed by atoms with E-state index in [4.69, 9.17) is 0 Å². The van der Waals surface area contributed by atoms with Gasteiger partial charge in [-0.25, -0.2) is 0 Å². The highest BCUT2D eigenvalue weighted by molar-refractivity contribution is 5.02. The number of nitrogens with zero attached hydrogens (tertiary/aromatic N) is 1. The number of fused-ring (bicyclic) bond motifs is 1. The number of likely N-dealkylation sites (tertiary alicyclic amines) is 1. The number of aliphatic hydroxyl groups is 1. The molecule has 2 heteroatoms. The van der Waals surface area contributed by atoms with E-state index in [2.05, 4.69) is 24.1 Å². The first-order chi connectivity index (χ1) is 6.31. The zero-order valence-electron chi connectivity index (χ0n) is 8.32. The Morgan fingerprint density at radius 1 is 1.46 bits per heavy atom. The van der Waals surface area contributed by atoms with Crippen molar-refractivity contribution in [2.45, 2.75) is 12.8 Å². The smallest absolute Gasteiger partial charge is 0.0477 e. The normalized spacial score (nSPS) is 40.3. The molecule has 0 aromatic heterocycles. The SMILES string of the molecule is CN1CC(CO)C2C=CCCC2C1. The topological polar surface area (TPSA) is 23.5 Å². The Balaban J connectivity index is 2.10. The van der Waals surface area contributed by atoms with Crippen LogP contribution in [0.25, 0.3) is 0 Å². The first-order valence-electron chi connectivity index (χ1n) is 5.27. The van der Waals surface area contributed by atoms with Gasteiger partial charge in [-0.15, -0.1) is 0 Å². The van der Waals surface area contributed by atoms with Crippen molar-refractivity contribution in [3.05, 3.63) is 12.2 Å². The molecule has 1 N–H and O–H groups in total. The van der Waals surface area contributed by atoms with E-state index in [1.165, 1.54) is 19.4 Å². The number of rotatable bonds is 1. The van der Waals surface area contributed by atoms with Gasteiger partial charge in [-0.3, -0.25) is 0 Å². The lowest BCUT2D eigenvalue weighted by Crippen LogP contribution is -2.45. The summed E-state index contributed by atoms with van der Waals surface area (Å²) in [4.78, 5) is 2.36. The molecular weight excluding hydrogens is 162 g/mol. The summed E-state index contributed by atoms with van der Waals surface area (Å²) in [5.41, 5.74) is 0. The van der Waals surface area contributed by atoms with E-state index in [0.717, 1.165) is 12.5 Å². The molecule has 1 fully saturated rings. The highest BCUT2D eigenvalue weighted by atomic mass is 16.3. The van der Waals surface area contributed by atoms with E-state index in [1.807, 2.05) is 0 Å². The van der Waals surface area contributed by atoms with Crippen molar-refractivity contribution >= 4 is 0 Å². The second kappa shape index (κ2) is 3.81. The van der Waals surface area contributed by atoms with Crippen LogP contribution in [0.15, 0.2) is 12.2 Å². The lowest BCUT2D eigenvalue weighted by molar-refractivity contribution is 0.0570. The van der Waals surface area contributed by atoms with E-state index < -0.39 is 0 Å². The lowest BCUT2D eigenvalue weighted by atomic mass is 9.73. The summed E-state index contributed by atoms with van der Waals surface area (Å²) in [6.45, 7) is 2.61. The van der Waals surface area contributed by atoms with E-state index in [9.17, 15) is 5.11 Å². The summed E-state index contributed by atoms with van der Waals surface area (Å²) in [5, 5.41) is 9.29. The lowest BCUT2D eigenvalue weighted by Gasteiger charge is -2.42. The predicted molar refractivity (Wildman–Crippen MR) is 53.4 cm³/mol. The molecule has 3 atom stereocenters. The van der Waals surface area contributed by atoms with Gasteiger partial charge in [-0.1, -0.05) is 12.2 Å². The first-order valence-corrected chi connectivity index (χ1v) is 5.27. The molecule has 1 heterocycles. The fourth-order valence-electron chi connectivity index (χ4n) is 2.84. The maximum absolute atomic E-state index is 9.29. The van der Waals surface area contributed by atoms with Crippen LogP contribution in [-0.4, -0.2) is 36.8 Å². The molecule has 0 bridgehead atoms. The number of allylic oxidation sites excluding steroid dienone is 2. The first kappa shape index (κ1) is 9.22. The fourth-order valence-corrected chi connectivity index (χ4v) is 2.84. The third-order valence-electron chi connectivity index (χ3n) is 3.48. The molecule has 1 aliphatic carbocycles. The predicted octanol–water partition coefficient (Wildman–Crippen LogP) is 1.12. The highest BCUT2D eigenvalue weighted by Crippen LogP contribution is 2.34. The maximum atomic E-state index is 9.29. The second-order valence-corrected chi connectivity index (χ2v) is 4.51. The number of hydrogen-bond acceptors (Lipinski definition) is 2. The van der Waals surface area contributed by atoms with Crippen molar-refractivity contribution in [1.29, 1.82) is 0 Å². The molecule has 0 amide bonds. The Labute approximate surface area is 80.2 Å². The Morgan fingerprint density at radius 2 is 2.31 bits per heavy atom. The van der Waals surface area contributed by atoms with Crippen LogP contribution in [0.4, 0.5) is 0 Å². The van der Waals surface area contributed by atoms with Crippen LogP contribution in [0.3, 0.4) is 0 Å². The van der Waals surface area contributed by atoms with E-state index in [-0.39, 0.29) is 0 Å².